The molecule has 4 rings (SSSR count). The van der Waals surface area contributed by atoms with Crippen molar-refractivity contribution in [1.82, 2.24) is 30.4 Å². The average molecular weight is 377 g/mol. The third-order valence-electron chi connectivity index (χ3n) is 4.89. The first-order valence-corrected chi connectivity index (χ1v) is 9.41. The number of tetrazole rings is 1. The predicted octanol–water partition coefficient (Wildman–Crippen LogP) is 2.31. The summed E-state index contributed by atoms with van der Waals surface area (Å²) in [6.45, 7) is 3.71. The lowest BCUT2D eigenvalue weighted by Crippen LogP contribution is -2.34. The molecule has 1 fully saturated rings. The van der Waals surface area contributed by atoms with E-state index in [1.807, 2.05) is 30.3 Å². The normalized spacial score (nSPS) is 16.8. The standard InChI is InChI=1S/C20H23N7O/c28-20(23-18-7-4-8-19(11-18)27-15-22-24-25-27)21-12-17-9-10-26(14-17)13-16-5-2-1-3-6-16/h1-8,11,15,17H,9-10,12-14H2,(H2,21,23,28)/t17-/m1/s1. The van der Waals surface area contributed by atoms with Gasteiger partial charge in [0.15, 0.2) is 0 Å². The summed E-state index contributed by atoms with van der Waals surface area (Å²) in [5.41, 5.74) is 2.81. The maximum Gasteiger partial charge on any atom is 0.319 e. The number of rotatable bonds is 6. The van der Waals surface area contributed by atoms with E-state index < -0.39 is 0 Å². The first-order chi connectivity index (χ1) is 13.8. The highest BCUT2D eigenvalue weighted by Crippen LogP contribution is 2.18. The lowest BCUT2D eigenvalue weighted by atomic mass is 10.1. The van der Waals surface area contributed by atoms with E-state index in [1.54, 1.807) is 4.68 Å². The van der Waals surface area contributed by atoms with Crippen LogP contribution in [0, 0.1) is 5.92 Å². The van der Waals surface area contributed by atoms with Gasteiger partial charge >= 0.3 is 6.03 Å². The molecule has 0 spiro atoms. The van der Waals surface area contributed by atoms with E-state index in [-0.39, 0.29) is 6.03 Å². The van der Waals surface area contributed by atoms with Gasteiger partial charge in [-0.2, -0.15) is 0 Å². The van der Waals surface area contributed by atoms with E-state index in [2.05, 4.69) is 55.3 Å². The summed E-state index contributed by atoms with van der Waals surface area (Å²) < 4.78 is 1.54. The van der Waals surface area contributed by atoms with Crippen molar-refractivity contribution in [2.75, 3.05) is 25.0 Å². The highest BCUT2D eigenvalue weighted by Gasteiger charge is 2.22. The van der Waals surface area contributed by atoms with Crippen molar-refractivity contribution in [1.29, 1.82) is 0 Å². The Kier molecular flexibility index (Phi) is 5.58. The maximum atomic E-state index is 12.3. The number of amides is 2. The van der Waals surface area contributed by atoms with E-state index >= 15 is 0 Å². The van der Waals surface area contributed by atoms with Crippen LogP contribution in [-0.4, -0.2) is 50.8 Å². The molecule has 2 N–H and O–H groups in total. The fourth-order valence-corrected chi connectivity index (χ4v) is 3.48. The minimum Gasteiger partial charge on any atom is -0.338 e. The third kappa shape index (κ3) is 4.72. The number of hydrogen-bond donors (Lipinski definition) is 2. The quantitative estimate of drug-likeness (QED) is 0.688. The van der Waals surface area contributed by atoms with Gasteiger partial charge in [0.05, 0.1) is 5.69 Å². The maximum absolute atomic E-state index is 12.3. The molecule has 0 saturated carbocycles. The summed E-state index contributed by atoms with van der Waals surface area (Å²) in [4.78, 5) is 14.7. The molecule has 1 saturated heterocycles. The van der Waals surface area contributed by atoms with Crippen molar-refractivity contribution in [2.24, 2.45) is 5.92 Å². The van der Waals surface area contributed by atoms with Gasteiger partial charge in [-0.05, 0) is 53.1 Å². The Morgan fingerprint density at radius 3 is 2.86 bits per heavy atom. The second-order valence-corrected chi connectivity index (χ2v) is 7.02. The van der Waals surface area contributed by atoms with Crippen molar-refractivity contribution in [2.45, 2.75) is 13.0 Å². The zero-order chi connectivity index (χ0) is 19.2. The molecule has 1 atom stereocenters. The molecule has 1 aliphatic heterocycles. The lowest BCUT2D eigenvalue weighted by molar-refractivity contribution is 0.249. The number of nitrogens with one attached hydrogen (secondary N) is 2. The van der Waals surface area contributed by atoms with E-state index in [4.69, 9.17) is 0 Å². The molecule has 8 heteroatoms. The molecule has 1 aliphatic rings. The molecule has 2 amide bonds. The van der Waals surface area contributed by atoms with Gasteiger partial charge in [0.2, 0.25) is 0 Å². The number of hydrogen-bond acceptors (Lipinski definition) is 5. The van der Waals surface area contributed by atoms with Crippen molar-refractivity contribution in [3.05, 3.63) is 66.5 Å². The Hall–Kier alpha value is -3.26. The van der Waals surface area contributed by atoms with Gasteiger partial charge in [-0.15, -0.1) is 5.10 Å². The number of aromatic nitrogens is 4. The predicted molar refractivity (Wildman–Crippen MR) is 106 cm³/mol. The molecule has 0 bridgehead atoms. The Labute approximate surface area is 163 Å². The molecule has 2 heterocycles. The van der Waals surface area contributed by atoms with Gasteiger partial charge in [-0.3, -0.25) is 4.90 Å². The fourth-order valence-electron chi connectivity index (χ4n) is 3.48. The Bertz CT molecular complexity index is 898. The van der Waals surface area contributed by atoms with Crippen molar-refractivity contribution in [3.63, 3.8) is 0 Å². The number of urea groups is 1. The molecule has 0 radical (unpaired) electrons. The second kappa shape index (κ2) is 8.62. The van der Waals surface area contributed by atoms with E-state index in [0.717, 1.165) is 31.7 Å². The van der Waals surface area contributed by atoms with Gasteiger partial charge in [-0.25, -0.2) is 9.48 Å². The summed E-state index contributed by atoms with van der Waals surface area (Å²) in [6.07, 6.45) is 2.61. The molecular weight excluding hydrogens is 354 g/mol. The zero-order valence-corrected chi connectivity index (χ0v) is 15.5. The number of anilines is 1. The van der Waals surface area contributed by atoms with Crippen molar-refractivity contribution >= 4 is 11.7 Å². The number of nitrogens with zero attached hydrogens (tertiary/aromatic N) is 5. The molecule has 1 aromatic heterocycles. The molecule has 0 aliphatic carbocycles. The van der Waals surface area contributed by atoms with Crippen LogP contribution in [0.1, 0.15) is 12.0 Å². The van der Waals surface area contributed by atoms with E-state index in [0.29, 0.717) is 18.2 Å². The molecule has 2 aromatic carbocycles. The highest BCUT2D eigenvalue weighted by atomic mass is 16.2. The van der Waals surface area contributed by atoms with Gasteiger partial charge in [0.25, 0.3) is 0 Å². The average Bonchev–Trinajstić information content (AvgIpc) is 3.40. The van der Waals surface area contributed by atoms with E-state index in [1.165, 1.54) is 11.9 Å². The van der Waals surface area contributed by atoms with Crippen molar-refractivity contribution in [3.8, 4) is 5.69 Å². The van der Waals surface area contributed by atoms with Crippen LogP contribution >= 0.6 is 0 Å². The van der Waals surface area contributed by atoms with Gasteiger partial charge < -0.3 is 10.6 Å². The SMILES string of the molecule is O=C(NC[C@H]1CCN(Cc2ccccc2)C1)Nc1cccc(-n2cnnn2)c1. The van der Waals surface area contributed by atoms with Crippen LogP contribution in [-0.2, 0) is 6.54 Å². The minimum absolute atomic E-state index is 0.199. The summed E-state index contributed by atoms with van der Waals surface area (Å²) in [5, 5.41) is 17.0. The molecule has 0 unspecified atom stereocenters. The minimum atomic E-state index is -0.199. The highest BCUT2D eigenvalue weighted by molar-refractivity contribution is 5.89. The number of likely N-dealkylation sites (tertiary alicyclic amines) is 1. The Morgan fingerprint density at radius 2 is 2.04 bits per heavy atom. The summed E-state index contributed by atoms with van der Waals surface area (Å²) >= 11 is 0. The van der Waals surface area contributed by atoms with Crippen LogP contribution < -0.4 is 10.6 Å². The lowest BCUT2D eigenvalue weighted by Gasteiger charge is -2.16. The van der Waals surface area contributed by atoms with E-state index in [9.17, 15) is 4.79 Å². The van der Waals surface area contributed by atoms with Gasteiger partial charge in [0, 0.05) is 25.3 Å². The monoisotopic (exact) mass is 377 g/mol. The smallest absolute Gasteiger partial charge is 0.319 e. The summed E-state index contributed by atoms with van der Waals surface area (Å²) in [7, 11) is 0. The molecule has 3 aromatic rings. The molecule has 8 nitrogen and oxygen atoms in total. The van der Waals surface area contributed by atoms with Crippen LogP contribution in [0.15, 0.2) is 60.9 Å². The third-order valence-corrected chi connectivity index (χ3v) is 4.89. The first kappa shape index (κ1) is 18.1. The first-order valence-electron chi connectivity index (χ1n) is 9.41. The summed E-state index contributed by atoms with van der Waals surface area (Å²) in [5.74, 6) is 0.474. The summed E-state index contributed by atoms with van der Waals surface area (Å²) in [6, 6.07) is 17.7. The molecule has 144 valence electrons. The second-order valence-electron chi connectivity index (χ2n) is 7.02. The number of carbonyl (C=O) groups excluding carboxylic acids is 1. The van der Waals surface area contributed by atoms with Crippen LogP contribution in [0.4, 0.5) is 10.5 Å². The number of benzene rings is 2. The molecule has 28 heavy (non-hydrogen) atoms. The largest absolute Gasteiger partial charge is 0.338 e. The van der Waals surface area contributed by atoms with Gasteiger partial charge in [-0.1, -0.05) is 36.4 Å². The fraction of sp³-hybridized carbons (Fsp3) is 0.300. The number of carbonyl (C=O) groups is 1. The molecular formula is C20H23N7O. The van der Waals surface area contributed by atoms with Crippen LogP contribution in [0.3, 0.4) is 0 Å². The van der Waals surface area contributed by atoms with Gasteiger partial charge in [0.1, 0.15) is 6.33 Å². The zero-order valence-electron chi connectivity index (χ0n) is 15.5. The van der Waals surface area contributed by atoms with Crippen LogP contribution in [0.5, 0.6) is 0 Å². The van der Waals surface area contributed by atoms with Crippen LogP contribution in [0.25, 0.3) is 5.69 Å². The van der Waals surface area contributed by atoms with Crippen LogP contribution in [0.2, 0.25) is 0 Å². The van der Waals surface area contributed by atoms with Crippen molar-refractivity contribution < 1.29 is 4.79 Å². The topological polar surface area (TPSA) is 88.0 Å². The Balaban J connectivity index is 1.23. The Morgan fingerprint density at radius 1 is 1.14 bits per heavy atom.